The van der Waals surface area contributed by atoms with Crippen LogP contribution in [0.5, 0.6) is 0 Å². The Hall–Kier alpha value is -1.35. The van der Waals surface area contributed by atoms with E-state index in [4.69, 9.17) is 4.74 Å². The van der Waals surface area contributed by atoms with Crippen molar-refractivity contribution in [3.63, 3.8) is 0 Å². The Balaban J connectivity index is 2.52. The third kappa shape index (κ3) is 3.58. The van der Waals surface area contributed by atoms with Crippen molar-refractivity contribution in [2.45, 2.75) is 19.4 Å². The molecular weight excluding hydrogens is 180 g/mol. The van der Waals surface area contributed by atoms with Gasteiger partial charge in [-0.05, 0) is 26.0 Å². The molecule has 0 atom stereocenters. The van der Waals surface area contributed by atoms with Gasteiger partial charge >= 0.3 is 5.97 Å². The lowest BCUT2D eigenvalue weighted by molar-refractivity contribution is -0.0516. The number of hydrogen-bond acceptors (Lipinski definition) is 2. The van der Waals surface area contributed by atoms with E-state index >= 15 is 0 Å². The molecule has 0 unspecified atom stereocenters. The fourth-order valence-electron chi connectivity index (χ4n) is 0.897. The van der Waals surface area contributed by atoms with Crippen LogP contribution in [0.2, 0.25) is 0 Å². The van der Waals surface area contributed by atoms with Gasteiger partial charge in [0.15, 0.2) is 0 Å². The highest BCUT2D eigenvalue weighted by molar-refractivity contribution is 5.89. The summed E-state index contributed by atoms with van der Waals surface area (Å²) < 4.78 is 4.84. The van der Waals surface area contributed by atoms with E-state index in [9.17, 15) is 9.90 Å². The Morgan fingerprint density at radius 1 is 1.29 bits per heavy atom. The minimum absolute atomic E-state index is 0.110. The van der Waals surface area contributed by atoms with E-state index in [1.165, 1.54) is 13.8 Å². The summed E-state index contributed by atoms with van der Waals surface area (Å²) in [5.74, 6) is -0.450. The van der Waals surface area contributed by atoms with Crippen molar-refractivity contribution >= 4 is 5.97 Å². The van der Waals surface area contributed by atoms with E-state index < -0.39 is 11.6 Å². The first-order valence-corrected chi connectivity index (χ1v) is 4.42. The molecule has 0 N–H and O–H groups in total. The minimum atomic E-state index is -1.23. The van der Waals surface area contributed by atoms with E-state index in [1.807, 2.05) is 6.07 Å². The molecule has 0 saturated heterocycles. The van der Waals surface area contributed by atoms with Crippen molar-refractivity contribution in [3.05, 3.63) is 35.9 Å². The first-order valence-electron chi connectivity index (χ1n) is 4.42. The van der Waals surface area contributed by atoms with E-state index in [0.29, 0.717) is 5.56 Å². The topological polar surface area (TPSA) is 46.2 Å². The summed E-state index contributed by atoms with van der Waals surface area (Å²) in [4.78, 5) is 11.3. The van der Waals surface area contributed by atoms with Crippen molar-refractivity contribution in [3.8, 4) is 0 Å². The second-order valence-corrected chi connectivity index (χ2v) is 3.70. The molecule has 0 fully saturated rings. The van der Waals surface area contributed by atoms with Gasteiger partial charge in [-0.2, -0.15) is 0 Å². The highest BCUT2D eigenvalue weighted by Gasteiger charge is 2.18. The van der Waals surface area contributed by atoms with Crippen LogP contribution in [0.1, 0.15) is 24.2 Å². The van der Waals surface area contributed by atoms with E-state index in [2.05, 4.69) is 0 Å². The number of rotatable bonds is 3. The van der Waals surface area contributed by atoms with E-state index in [-0.39, 0.29) is 6.61 Å². The van der Waals surface area contributed by atoms with Crippen LogP contribution in [0.15, 0.2) is 30.3 Å². The van der Waals surface area contributed by atoms with Crippen LogP contribution >= 0.6 is 0 Å². The fourth-order valence-corrected chi connectivity index (χ4v) is 0.897. The molecule has 0 aliphatic rings. The average Bonchev–Trinajstić information content (AvgIpc) is 2.14. The maximum atomic E-state index is 11.3. The molecule has 0 aliphatic carbocycles. The normalized spacial score (nSPS) is 11.1. The summed E-state index contributed by atoms with van der Waals surface area (Å²) in [5.41, 5.74) is -0.762. The average molecular weight is 193 g/mol. The number of carbonyl (C=O) groups excluding carboxylic acids is 1. The molecule has 75 valence electrons. The largest absolute Gasteiger partial charge is 0.459 e. The number of hydrogen-bond donors (Lipinski definition) is 0. The molecule has 14 heavy (non-hydrogen) atoms. The van der Waals surface area contributed by atoms with Gasteiger partial charge in [0, 0.05) is 0 Å². The Labute approximate surface area is 83.3 Å². The summed E-state index contributed by atoms with van der Waals surface area (Å²) in [5, 5.41) is 11.2. The Morgan fingerprint density at radius 3 is 2.36 bits per heavy atom. The molecule has 0 amide bonds. The molecule has 0 aliphatic heterocycles. The van der Waals surface area contributed by atoms with Crippen molar-refractivity contribution in [2.24, 2.45) is 0 Å². The second-order valence-electron chi connectivity index (χ2n) is 3.70. The lowest BCUT2D eigenvalue weighted by Gasteiger charge is -2.13. The monoisotopic (exact) mass is 193 g/mol. The first-order chi connectivity index (χ1) is 6.49. The summed E-state index contributed by atoms with van der Waals surface area (Å²) >= 11 is 0. The number of esters is 1. The summed E-state index contributed by atoms with van der Waals surface area (Å²) in [6.45, 7) is 2.84. The third-order valence-electron chi connectivity index (χ3n) is 1.56. The van der Waals surface area contributed by atoms with Crippen molar-refractivity contribution in [2.75, 3.05) is 6.61 Å². The maximum absolute atomic E-state index is 11.3. The zero-order chi connectivity index (χ0) is 10.6. The van der Waals surface area contributed by atoms with E-state index in [0.717, 1.165) is 0 Å². The minimum Gasteiger partial charge on any atom is -0.459 e. The lowest BCUT2D eigenvalue weighted by atomic mass is 10.1. The van der Waals surface area contributed by atoms with Gasteiger partial charge in [0.05, 0.1) is 5.56 Å². The molecule has 0 saturated carbocycles. The molecule has 3 heteroatoms. The molecule has 3 nitrogen and oxygen atoms in total. The molecule has 0 bridgehead atoms. The maximum Gasteiger partial charge on any atom is 0.338 e. The number of ether oxygens (including phenoxy) is 1. The first kappa shape index (κ1) is 10.7. The molecule has 0 aromatic heterocycles. The van der Waals surface area contributed by atoms with E-state index in [1.54, 1.807) is 24.3 Å². The molecule has 1 aromatic rings. The Bertz CT molecular complexity index is 298. The Kier molecular flexibility index (Phi) is 3.25. The molecule has 0 heterocycles. The zero-order valence-electron chi connectivity index (χ0n) is 8.32. The quantitative estimate of drug-likeness (QED) is 0.690. The fraction of sp³-hybridized carbons (Fsp3) is 0.364. The van der Waals surface area contributed by atoms with Gasteiger partial charge in [-0.3, -0.25) is 0 Å². The van der Waals surface area contributed by atoms with Crippen LogP contribution in [0.3, 0.4) is 0 Å². The highest BCUT2D eigenvalue weighted by Crippen LogP contribution is 2.06. The van der Waals surface area contributed by atoms with Crippen molar-refractivity contribution in [1.29, 1.82) is 0 Å². The smallest absolute Gasteiger partial charge is 0.338 e. The van der Waals surface area contributed by atoms with Crippen LogP contribution in [-0.4, -0.2) is 18.2 Å². The second kappa shape index (κ2) is 4.24. The third-order valence-corrected chi connectivity index (χ3v) is 1.56. The molecular formula is C11H13O3. The van der Waals surface area contributed by atoms with Gasteiger partial charge in [-0.25, -0.2) is 9.90 Å². The van der Waals surface area contributed by atoms with Crippen LogP contribution in [-0.2, 0) is 9.84 Å². The van der Waals surface area contributed by atoms with Gasteiger partial charge < -0.3 is 4.74 Å². The van der Waals surface area contributed by atoms with Crippen LogP contribution in [0.25, 0.3) is 0 Å². The summed E-state index contributed by atoms with van der Waals surface area (Å²) in [6.07, 6.45) is 0. The van der Waals surface area contributed by atoms with Gasteiger partial charge in [0.25, 0.3) is 0 Å². The predicted molar refractivity (Wildman–Crippen MR) is 51.5 cm³/mol. The molecule has 1 radical (unpaired) electrons. The van der Waals surface area contributed by atoms with Gasteiger partial charge in [-0.15, -0.1) is 0 Å². The highest BCUT2D eigenvalue weighted by atomic mass is 16.5. The van der Waals surface area contributed by atoms with Gasteiger partial charge in [0.2, 0.25) is 0 Å². The molecule has 1 aromatic carbocycles. The SMILES string of the molecule is CC(C)([O])COC(=O)c1ccccc1. The molecule has 1 rings (SSSR count). The van der Waals surface area contributed by atoms with Crippen LogP contribution in [0.4, 0.5) is 0 Å². The zero-order valence-corrected chi connectivity index (χ0v) is 8.32. The standard InChI is InChI=1S/C11H13O3/c1-11(2,13)8-14-10(12)9-6-4-3-5-7-9/h3-7H,8H2,1-2H3. The Morgan fingerprint density at radius 2 is 1.86 bits per heavy atom. The molecule has 0 spiro atoms. The van der Waals surface area contributed by atoms with Crippen LogP contribution < -0.4 is 0 Å². The predicted octanol–water partition coefficient (Wildman–Crippen LogP) is 2.05. The number of carbonyl (C=O) groups is 1. The van der Waals surface area contributed by atoms with Crippen LogP contribution in [0, 0.1) is 0 Å². The summed E-state index contributed by atoms with van der Waals surface area (Å²) in [6, 6.07) is 8.62. The summed E-state index contributed by atoms with van der Waals surface area (Å²) in [7, 11) is 0. The van der Waals surface area contributed by atoms with Crippen molar-refractivity contribution < 1.29 is 14.6 Å². The lowest BCUT2D eigenvalue weighted by Crippen LogP contribution is -2.26. The van der Waals surface area contributed by atoms with Gasteiger partial charge in [-0.1, -0.05) is 18.2 Å². The van der Waals surface area contributed by atoms with Gasteiger partial charge in [0.1, 0.15) is 12.2 Å². The van der Waals surface area contributed by atoms with Crippen molar-refractivity contribution in [1.82, 2.24) is 0 Å². The number of benzene rings is 1.